The van der Waals surface area contributed by atoms with Gasteiger partial charge in [-0.1, -0.05) is 23.7 Å². The van der Waals surface area contributed by atoms with Crippen molar-refractivity contribution in [2.45, 2.75) is 13.3 Å². The van der Waals surface area contributed by atoms with Gasteiger partial charge < -0.3 is 5.32 Å². The molecule has 2 aromatic carbocycles. The van der Waals surface area contributed by atoms with Gasteiger partial charge in [-0.05, 0) is 55.3 Å². The lowest BCUT2D eigenvalue weighted by Gasteiger charge is -2.06. The molecular weight excluding hydrogens is 360 g/mol. The van der Waals surface area contributed by atoms with E-state index in [1.165, 1.54) is 41.1 Å². The Kier molecular flexibility index (Phi) is 5.32. The average Bonchev–Trinajstić information content (AvgIpc) is 2.92. The van der Waals surface area contributed by atoms with Crippen molar-refractivity contribution in [1.29, 1.82) is 0 Å². The van der Waals surface area contributed by atoms with Crippen LogP contribution < -0.4 is 5.32 Å². The molecule has 1 aromatic heterocycles. The third kappa shape index (κ3) is 3.91. The maximum atomic E-state index is 13.1. The summed E-state index contributed by atoms with van der Waals surface area (Å²) in [6.45, 7) is 2.06. The van der Waals surface area contributed by atoms with Crippen LogP contribution in [0.3, 0.4) is 0 Å². The van der Waals surface area contributed by atoms with E-state index in [-0.39, 0.29) is 28.3 Å². The summed E-state index contributed by atoms with van der Waals surface area (Å²) in [5.41, 5.74) is 2.22. The molecule has 134 valence electrons. The highest BCUT2D eigenvalue weighted by atomic mass is 35.5. The van der Waals surface area contributed by atoms with Gasteiger partial charge in [0.25, 0.3) is 5.91 Å². The molecule has 0 unspecified atom stereocenters. The van der Waals surface area contributed by atoms with Gasteiger partial charge in [0.2, 0.25) is 0 Å². The highest BCUT2D eigenvalue weighted by Gasteiger charge is 2.20. The second kappa shape index (κ2) is 7.66. The highest BCUT2D eigenvalue weighted by molar-refractivity contribution is 6.33. The van der Waals surface area contributed by atoms with E-state index in [0.29, 0.717) is 24.3 Å². The minimum atomic E-state index is -0.368. The van der Waals surface area contributed by atoms with Crippen molar-refractivity contribution < 1.29 is 13.6 Å². The molecule has 0 aliphatic carbocycles. The fourth-order valence-corrected chi connectivity index (χ4v) is 2.93. The molecule has 26 heavy (non-hydrogen) atoms. The van der Waals surface area contributed by atoms with Gasteiger partial charge >= 0.3 is 0 Å². The summed E-state index contributed by atoms with van der Waals surface area (Å²) >= 11 is 6.32. The van der Waals surface area contributed by atoms with Gasteiger partial charge in [0, 0.05) is 6.54 Å². The van der Waals surface area contributed by atoms with Crippen LogP contribution in [0.2, 0.25) is 5.15 Å². The fraction of sp³-hybridized carbons (Fsp3) is 0.158. The van der Waals surface area contributed by atoms with Crippen molar-refractivity contribution in [3.05, 3.63) is 82.1 Å². The van der Waals surface area contributed by atoms with Gasteiger partial charge in [0.1, 0.15) is 16.8 Å². The number of aromatic nitrogens is 2. The molecule has 1 N–H and O–H groups in total. The third-order valence-electron chi connectivity index (χ3n) is 3.91. The predicted octanol–water partition coefficient (Wildman–Crippen LogP) is 4.08. The molecule has 7 heteroatoms. The molecule has 3 rings (SSSR count). The number of hydrogen-bond donors (Lipinski definition) is 1. The number of benzene rings is 2. The van der Waals surface area contributed by atoms with E-state index in [1.807, 2.05) is 0 Å². The molecule has 0 aliphatic rings. The van der Waals surface area contributed by atoms with Crippen molar-refractivity contribution in [2.24, 2.45) is 0 Å². The highest BCUT2D eigenvalue weighted by Crippen LogP contribution is 2.23. The Hall–Kier alpha value is -2.73. The first-order chi connectivity index (χ1) is 12.5. The smallest absolute Gasteiger partial charge is 0.256 e. The summed E-state index contributed by atoms with van der Waals surface area (Å²) in [4.78, 5) is 12.5. The van der Waals surface area contributed by atoms with E-state index in [1.54, 1.807) is 19.1 Å². The molecule has 0 radical (unpaired) electrons. The summed E-state index contributed by atoms with van der Waals surface area (Å²) in [5.74, 6) is -1.01. The van der Waals surface area contributed by atoms with E-state index >= 15 is 0 Å². The Balaban J connectivity index is 1.71. The van der Waals surface area contributed by atoms with Crippen LogP contribution in [-0.4, -0.2) is 22.2 Å². The van der Waals surface area contributed by atoms with E-state index in [2.05, 4.69) is 10.4 Å². The van der Waals surface area contributed by atoms with Gasteiger partial charge in [-0.25, -0.2) is 13.5 Å². The second-order valence-electron chi connectivity index (χ2n) is 5.77. The number of amides is 1. The number of halogens is 3. The molecular formula is C19H16ClF2N3O. The van der Waals surface area contributed by atoms with Gasteiger partial charge in [-0.15, -0.1) is 0 Å². The minimum Gasteiger partial charge on any atom is -0.352 e. The molecule has 0 atom stereocenters. The molecule has 0 aliphatic heterocycles. The van der Waals surface area contributed by atoms with E-state index in [4.69, 9.17) is 11.6 Å². The van der Waals surface area contributed by atoms with Crippen molar-refractivity contribution in [1.82, 2.24) is 15.1 Å². The lowest BCUT2D eigenvalue weighted by molar-refractivity contribution is 0.0953. The van der Waals surface area contributed by atoms with E-state index in [9.17, 15) is 13.6 Å². The Morgan fingerprint density at radius 1 is 1.08 bits per heavy atom. The van der Waals surface area contributed by atoms with Gasteiger partial charge in [-0.3, -0.25) is 4.79 Å². The largest absolute Gasteiger partial charge is 0.352 e. The monoisotopic (exact) mass is 375 g/mol. The van der Waals surface area contributed by atoms with Crippen LogP contribution in [0.4, 0.5) is 8.78 Å². The topological polar surface area (TPSA) is 46.9 Å². The molecule has 3 aromatic rings. The number of nitrogens with zero attached hydrogens (tertiary/aromatic N) is 2. The van der Waals surface area contributed by atoms with Crippen LogP contribution in [0, 0.1) is 18.6 Å². The molecule has 0 bridgehead atoms. The average molecular weight is 376 g/mol. The molecule has 1 amide bonds. The first-order valence-electron chi connectivity index (χ1n) is 7.99. The van der Waals surface area contributed by atoms with Crippen molar-refractivity contribution >= 4 is 17.5 Å². The molecule has 4 nitrogen and oxygen atoms in total. The van der Waals surface area contributed by atoms with Crippen LogP contribution in [0.5, 0.6) is 0 Å². The maximum Gasteiger partial charge on any atom is 0.256 e. The first kappa shape index (κ1) is 18.1. The number of aryl methyl sites for hydroxylation is 1. The standard InChI is InChI=1S/C19H16ClF2N3O/c1-12-17(18(20)25(24-12)16-8-6-15(22)7-9-16)19(26)23-11-10-13-2-4-14(21)5-3-13/h2-9H,10-11H2,1H3,(H,23,26). The van der Waals surface area contributed by atoms with Gasteiger partial charge in [-0.2, -0.15) is 5.10 Å². The summed E-state index contributed by atoms with van der Waals surface area (Å²) in [5, 5.41) is 7.21. The number of hydrogen-bond acceptors (Lipinski definition) is 2. The zero-order valence-corrected chi connectivity index (χ0v) is 14.7. The molecule has 0 fully saturated rings. The van der Waals surface area contributed by atoms with Crippen LogP contribution in [0.25, 0.3) is 5.69 Å². The van der Waals surface area contributed by atoms with E-state index in [0.717, 1.165) is 5.56 Å². The van der Waals surface area contributed by atoms with Gasteiger partial charge in [0.05, 0.1) is 16.9 Å². The van der Waals surface area contributed by atoms with Crippen molar-refractivity contribution in [3.8, 4) is 5.69 Å². The van der Waals surface area contributed by atoms with Crippen LogP contribution in [0.15, 0.2) is 48.5 Å². The summed E-state index contributed by atoms with van der Waals surface area (Å²) in [6, 6.07) is 11.8. The Bertz CT molecular complexity index is 921. The number of carbonyl (C=O) groups excluding carboxylic acids is 1. The third-order valence-corrected chi connectivity index (χ3v) is 4.26. The Morgan fingerprint density at radius 3 is 2.27 bits per heavy atom. The maximum absolute atomic E-state index is 13.1. The van der Waals surface area contributed by atoms with Crippen LogP contribution in [0.1, 0.15) is 21.6 Å². The van der Waals surface area contributed by atoms with Crippen LogP contribution >= 0.6 is 11.6 Å². The quantitative estimate of drug-likeness (QED) is 0.730. The lowest BCUT2D eigenvalue weighted by Crippen LogP contribution is -2.26. The van der Waals surface area contributed by atoms with E-state index < -0.39 is 0 Å². The normalized spacial score (nSPS) is 10.8. The van der Waals surface area contributed by atoms with Crippen LogP contribution in [-0.2, 0) is 6.42 Å². The first-order valence-corrected chi connectivity index (χ1v) is 8.37. The van der Waals surface area contributed by atoms with Crippen molar-refractivity contribution in [2.75, 3.05) is 6.54 Å². The predicted molar refractivity (Wildman–Crippen MR) is 95.7 cm³/mol. The zero-order valence-electron chi connectivity index (χ0n) is 14.0. The SMILES string of the molecule is Cc1nn(-c2ccc(F)cc2)c(Cl)c1C(=O)NCCc1ccc(F)cc1. The summed E-state index contributed by atoms with van der Waals surface area (Å²) < 4.78 is 27.4. The van der Waals surface area contributed by atoms with Gasteiger partial charge in [0.15, 0.2) is 0 Å². The number of carbonyl (C=O) groups is 1. The minimum absolute atomic E-state index is 0.161. The summed E-state index contributed by atoms with van der Waals surface area (Å²) in [6.07, 6.45) is 0.564. The second-order valence-corrected chi connectivity index (χ2v) is 6.13. The molecule has 0 spiro atoms. The molecule has 0 saturated heterocycles. The number of rotatable bonds is 5. The summed E-state index contributed by atoms with van der Waals surface area (Å²) in [7, 11) is 0. The zero-order chi connectivity index (χ0) is 18.7. The number of nitrogens with one attached hydrogen (secondary N) is 1. The Labute approximate surface area is 154 Å². The lowest BCUT2D eigenvalue weighted by atomic mass is 10.1. The molecule has 0 saturated carbocycles. The Morgan fingerprint density at radius 2 is 1.65 bits per heavy atom. The fourth-order valence-electron chi connectivity index (χ4n) is 2.57. The van der Waals surface area contributed by atoms with Crippen molar-refractivity contribution in [3.63, 3.8) is 0 Å². The molecule has 1 heterocycles.